The molecular formula is C15H12BrN3O5. The summed E-state index contributed by atoms with van der Waals surface area (Å²) in [6.45, 7) is 1.89. The van der Waals surface area contributed by atoms with Crippen LogP contribution in [0, 0.1) is 10.1 Å². The van der Waals surface area contributed by atoms with E-state index in [1.165, 1.54) is 18.2 Å². The van der Waals surface area contributed by atoms with Crippen LogP contribution in [0.15, 0.2) is 33.3 Å². The number of aryl methyl sites for hydroxylation is 1. The number of halogens is 1. The molecule has 3 rings (SSSR count). The van der Waals surface area contributed by atoms with Gasteiger partial charge in [0.2, 0.25) is 5.76 Å². The molecule has 0 radical (unpaired) electrons. The van der Waals surface area contributed by atoms with Gasteiger partial charge in [0.15, 0.2) is 0 Å². The summed E-state index contributed by atoms with van der Waals surface area (Å²) in [5.74, 6) is -0.627. The van der Waals surface area contributed by atoms with E-state index in [4.69, 9.17) is 9.15 Å². The van der Waals surface area contributed by atoms with E-state index < -0.39 is 10.9 Å². The summed E-state index contributed by atoms with van der Waals surface area (Å²) in [6, 6.07) is 4.19. The predicted molar refractivity (Wildman–Crippen MR) is 88.7 cm³/mol. The molecule has 0 spiro atoms. The summed E-state index contributed by atoms with van der Waals surface area (Å²) in [5, 5.41) is 15.8. The van der Waals surface area contributed by atoms with Crippen LogP contribution in [0.5, 0.6) is 0 Å². The molecule has 0 fully saturated rings. The summed E-state index contributed by atoms with van der Waals surface area (Å²) in [5.41, 5.74) is 1.31. The van der Waals surface area contributed by atoms with Gasteiger partial charge in [-0.05, 0) is 28.9 Å². The van der Waals surface area contributed by atoms with Gasteiger partial charge in [-0.15, -0.1) is 0 Å². The van der Waals surface area contributed by atoms with Crippen molar-refractivity contribution >= 4 is 38.6 Å². The Hall–Kier alpha value is -2.68. The van der Waals surface area contributed by atoms with Crippen molar-refractivity contribution in [3.63, 3.8) is 0 Å². The maximum Gasteiger partial charge on any atom is 0.374 e. The third kappa shape index (κ3) is 2.67. The van der Waals surface area contributed by atoms with Gasteiger partial charge >= 0.3 is 5.97 Å². The molecule has 1 aromatic carbocycles. The molecule has 0 atom stereocenters. The molecule has 24 heavy (non-hydrogen) atoms. The van der Waals surface area contributed by atoms with Crippen molar-refractivity contribution in [3.8, 4) is 11.3 Å². The Morgan fingerprint density at radius 3 is 2.79 bits per heavy atom. The van der Waals surface area contributed by atoms with Crippen molar-refractivity contribution in [2.75, 3.05) is 6.61 Å². The molecule has 8 nitrogen and oxygen atoms in total. The number of carbonyl (C=O) groups excluding carboxylic acids is 1. The van der Waals surface area contributed by atoms with E-state index in [0.29, 0.717) is 26.7 Å². The minimum atomic E-state index is -0.619. The lowest BCUT2D eigenvalue weighted by atomic mass is 10.1. The largest absolute Gasteiger partial charge is 0.460 e. The molecule has 0 aliphatic carbocycles. The lowest BCUT2D eigenvalue weighted by molar-refractivity contribution is -0.384. The monoisotopic (exact) mass is 393 g/mol. The molecule has 0 aliphatic rings. The number of benzene rings is 1. The fourth-order valence-electron chi connectivity index (χ4n) is 2.44. The Labute approximate surface area is 144 Å². The predicted octanol–water partition coefficient (Wildman–Crippen LogP) is 3.68. The van der Waals surface area contributed by atoms with Crippen LogP contribution in [-0.2, 0) is 11.8 Å². The van der Waals surface area contributed by atoms with Crippen LogP contribution in [0.2, 0.25) is 0 Å². The number of non-ortho nitro benzene ring substituents is 1. The highest BCUT2D eigenvalue weighted by Gasteiger charge is 2.23. The second-order valence-electron chi connectivity index (χ2n) is 4.96. The highest BCUT2D eigenvalue weighted by Crippen LogP contribution is 2.37. The van der Waals surface area contributed by atoms with Gasteiger partial charge < -0.3 is 9.15 Å². The van der Waals surface area contributed by atoms with Gasteiger partial charge in [-0.3, -0.25) is 14.8 Å². The fraction of sp³-hybridized carbons (Fsp3) is 0.200. The molecule has 0 amide bonds. The second kappa shape index (κ2) is 6.08. The molecule has 0 saturated carbocycles. The van der Waals surface area contributed by atoms with E-state index in [0.717, 1.165) is 0 Å². The van der Waals surface area contributed by atoms with Crippen LogP contribution >= 0.6 is 15.9 Å². The summed E-state index contributed by atoms with van der Waals surface area (Å²) < 4.78 is 12.8. The van der Waals surface area contributed by atoms with Crippen molar-refractivity contribution in [2.45, 2.75) is 6.92 Å². The number of hydrogen-bond donors (Lipinski definition) is 0. The average molecular weight is 394 g/mol. The molecule has 2 aromatic heterocycles. The first-order valence-electron chi connectivity index (χ1n) is 6.99. The lowest BCUT2D eigenvalue weighted by Crippen LogP contribution is -2.02. The molecule has 3 aromatic rings. The Kier molecular flexibility index (Phi) is 4.10. The number of carbonyl (C=O) groups is 1. The standard InChI is InChI=1S/C15H12BrN3O5/c1-3-23-15(20)12-5-8-4-9(19(21)22)6-10(14(8)24-12)13-11(16)7-17-18(13)2/h4-7H,3H2,1-2H3. The molecule has 124 valence electrons. The van der Waals surface area contributed by atoms with Gasteiger partial charge in [0, 0.05) is 24.6 Å². The Morgan fingerprint density at radius 1 is 1.46 bits per heavy atom. The zero-order valence-electron chi connectivity index (χ0n) is 12.8. The smallest absolute Gasteiger partial charge is 0.374 e. The van der Waals surface area contributed by atoms with Gasteiger partial charge in [-0.25, -0.2) is 4.79 Å². The van der Waals surface area contributed by atoms with E-state index in [2.05, 4.69) is 21.0 Å². The first kappa shape index (κ1) is 16.2. The number of fused-ring (bicyclic) bond motifs is 1. The SMILES string of the molecule is CCOC(=O)c1cc2cc([N+](=O)[O-])cc(-c3c(Br)cnn3C)c2o1. The minimum Gasteiger partial charge on any atom is -0.460 e. The summed E-state index contributed by atoms with van der Waals surface area (Å²) in [7, 11) is 1.71. The van der Waals surface area contributed by atoms with Gasteiger partial charge in [-0.1, -0.05) is 0 Å². The fourth-order valence-corrected chi connectivity index (χ4v) is 3.00. The van der Waals surface area contributed by atoms with Crippen molar-refractivity contribution in [3.05, 3.63) is 44.7 Å². The first-order valence-corrected chi connectivity index (χ1v) is 7.78. The van der Waals surface area contributed by atoms with Gasteiger partial charge in [0.1, 0.15) is 5.58 Å². The second-order valence-corrected chi connectivity index (χ2v) is 5.82. The molecule has 2 heterocycles. The molecule has 9 heteroatoms. The van der Waals surface area contributed by atoms with Crippen LogP contribution in [0.1, 0.15) is 17.5 Å². The van der Waals surface area contributed by atoms with Crippen molar-refractivity contribution in [1.82, 2.24) is 9.78 Å². The topological polar surface area (TPSA) is 100 Å². The summed E-state index contributed by atoms with van der Waals surface area (Å²) in [6.07, 6.45) is 1.58. The normalized spacial score (nSPS) is 11.0. The number of hydrogen-bond acceptors (Lipinski definition) is 6. The Balaban J connectivity index is 2.30. The van der Waals surface area contributed by atoms with Crippen LogP contribution in [-0.4, -0.2) is 27.3 Å². The van der Waals surface area contributed by atoms with E-state index in [1.54, 1.807) is 24.9 Å². The highest BCUT2D eigenvalue weighted by atomic mass is 79.9. The number of aromatic nitrogens is 2. The summed E-state index contributed by atoms with van der Waals surface area (Å²) in [4.78, 5) is 22.6. The third-order valence-electron chi connectivity index (χ3n) is 3.44. The van der Waals surface area contributed by atoms with E-state index >= 15 is 0 Å². The van der Waals surface area contributed by atoms with Crippen molar-refractivity contribution in [1.29, 1.82) is 0 Å². The van der Waals surface area contributed by atoms with Crippen LogP contribution in [0.25, 0.3) is 22.2 Å². The van der Waals surface area contributed by atoms with E-state index in [-0.39, 0.29) is 18.1 Å². The third-order valence-corrected chi connectivity index (χ3v) is 4.02. The van der Waals surface area contributed by atoms with Crippen LogP contribution in [0.3, 0.4) is 0 Å². The molecule has 0 bridgehead atoms. The quantitative estimate of drug-likeness (QED) is 0.380. The molecular weight excluding hydrogens is 382 g/mol. The number of furan rings is 1. The van der Waals surface area contributed by atoms with Gasteiger partial charge in [0.05, 0.1) is 33.5 Å². The first-order chi connectivity index (χ1) is 11.4. The molecule has 0 N–H and O–H groups in total. The number of rotatable bonds is 4. The number of nitro benzene ring substituents is 1. The van der Waals surface area contributed by atoms with Crippen LogP contribution in [0.4, 0.5) is 5.69 Å². The number of ether oxygens (including phenoxy) is 1. The maximum atomic E-state index is 11.9. The molecule has 0 saturated heterocycles. The van der Waals surface area contributed by atoms with Gasteiger partial charge in [-0.2, -0.15) is 5.10 Å². The summed E-state index contributed by atoms with van der Waals surface area (Å²) >= 11 is 3.38. The van der Waals surface area contributed by atoms with Crippen molar-refractivity contribution < 1.29 is 18.9 Å². The van der Waals surface area contributed by atoms with E-state index in [9.17, 15) is 14.9 Å². The lowest BCUT2D eigenvalue weighted by Gasteiger charge is -2.05. The van der Waals surface area contributed by atoms with Crippen LogP contribution < -0.4 is 0 Å². The zero-order chi connectivity index (χ0) is 17.4. The highest BCUT2D eigenvalue weighted by molar-refractivity contribution is 9.10. The average Bonchev–Trinajstić information content (AvgIpc) is 3.10. The minimum absolute atomic E-state index is 0.00751. The maximum absolute atomic E-state index is 11.9. The van der Waals surface area contributed by atoms with Crippen molar-refractivity contribution in [2.24, 2.45) is 7.05 Å². The zero-order valence-corrected chi connectivity index (χ0v) is 14.4. The number of nitrogens with zero attached hydrogens (tertiary/aromatic N) is 3. The molecule has 0 unspecified atom stereocenters. The molecule has 0 aliphatic heterocycles. The number of esters is 1. The van der Waals surface area contributed by atoms with E-state index in [1.807, 2.05) is 0 Å². The Bertz CT molecular complexity index is 940. The van der Waals surface area contributed by atoms with Gasteiger partial charge in [0.25, 0.3) is 5.69 Å². The Morgan fingerprint density at radius 2 is 2.21 bits per heavy atom. The number of nitro groups is 1.